The topological polar surface area (TPSA) is 141 Å². The number of hydrogen-bond donors (Lipinski definition) is 6. The van der Waals surface area contributed by atoms with Crippen LogP contribution in [0.1, 0.15) is 34.1 Å². The van der Waals surface area contributed by atoms with Crippen molar-refractivity contribution >= 4 is 17.7 Å². The minimum absolute atomic E-state index is 0.0911. The third-order valence-electron chi connectivity index (χ3n) is 4.08. The van der Waals surface area contributed by atoms with Gasteiger partial charge in [-0.15, -0.1) is 0 Å². The molecule has 150 valence electrons. The molecule has 10 heteroatoms. The van der Waals surface area contributed by atoms with Gasteiger partial charge in [-0.25, -0.2) is 0 Å². The first kappa shape index (κ1) is 22.3. The van der Waals surface area contributed by atoms with Crippen LogP contribution in [-0.4, -0.2) is 66.9 Å². The van der Waals surface area contributed by atoms with Crippen molar-refractivity contribution in [2.45, 2.75) is 64.4 Å². The quantitative estimate of drug-likeness (QED) is 0.243. The van der Waals surface area contributed by atoms with Crippen LogP contribution in [0.5, 0.6) is 0 Å². The normalized spacial score (nSPS) is 22.7. The van der Waals surface area contributed by atoms with E-state index in [9.17, 15) is 19.5 Å². The second-order valence-corrected chi connectivity index (χ2v) is 6.86. The Hall–Kier alpha value is -1.75. The van der Waals surface area contributed by atoms with E-state index in [0.717, 1.165) is 0 Å². The number of carbonyl (C=O) groups is 3. The average Bonchev–Trinajstić information content (AvgIpc) is 2.55. The van der Waals surface area contributed by atoms with E-state index in [1.165, 1.54) is 14.0 Å². The van der Waals surface area contributed by atoms with E-state index < -0.39 is 36.0 Å². The molecule has 3 amide bonds. The number of hydroxylamine groups is 1. The highest BCUT2D eigenvalue weighted by Gasteiger charge is 2.34. The molecule has 26 heavy (non-hydrogen) atoms. The Morgan fingerprint density at radius 2 is 1.85 bits per heavy atom. The Morgan fingerprint density at radius 3 is 2.27 bits per heavy atom. The molecule has 10 nitrogen and oxygen atoms in total. The van der Waals surface area contributed by atoms with Gasteiger partial charge in [0, 0.05) is 7.05 Å². The van der Waals surface area contributed by atoms with Crippen molar-refractivity contribution in [3.63, 3.8) is 0 Å². The largest absolute Gasteiger partial charge is 0.391 e. The molecule has 5 atom stereocenters. The molecule has 0 aliphatic carbocycles. The lowest BCUT2D eigenvalue weighted by molar-refractivity contribution is -0.174. The van der Waals surface area contributed by atoms with Gasteiger partial charge in [0.15, 0.2) is 0 Å². The molecule has 1 saturated heterocycles. The standard InChI is InChI=1S/C16H31N5O5/c1-8(2)6-11(14(23)20-12(9(3)22)15(24)17-5)18-7-19-16(25)13-10(4)26-21-13/h8-13,18,21-22H,6-7H2,1-5H3,(H,17,24)(H,19,25)(H,20,23)/t9-,10-,11+,12+,13+/m1/s1. The van der Waals surface area contributed by atoms with Gasteiger partial charge in [-0.05, 0) is 26.2 Å². The number of aliphatic hydroxyl groups is 1. The summed E-state index contributed by atoms with van der Waals surface area (Å²) < 4.78 is 0. The molecule has 0 unspecified atom stereocenters. The fourth-order valence-electron chi connectivity index (χ4n) is 2.48. The molecule has 0 saturated carbocycles. The second-order valence-electron chi connectivity index (χ2n) is 6.86. The van der Waals surface area contributed by atoms with Crippen LogP contribution in [0.4, 0.5) is 0 Å². The molecule has 0 radical (unpaired) electrons. The lowest BCUT2D eigenvalue weighted by Gasteiger charge is -2.33. The number of likely N-dealkylation sites (N-methyl/N-ethyl adjacent to an activating group) is 1. The zero-order valence-electron chi connectivity index (χ0n) is 16.0. The molecule has 1 fully saturated rings. The van der Waals surface area contributed by atoms with Gasteiger partial charge in [0.2, 0.25) is 17.7 Å². The summed E-state index contributed by atoms with van der Waals surface area (Å²) in [6.07, 6.45) is -0.739. The van der Waals surface area contributed by atoms with E-state index in [2.05, 4.69) is 26.7 Å². The number of carbonyl (C=O) groups excluding carboxylic acids is 3. The molecular weight excluding hydrogens is 342 g/mol. The van der Waals surface area contributed by atoms with E-state index in [1.807, 2.05) is 13.8 Å². The molecule has 0 aromatic rings. The Labute approximate surface area is 153 Å². The maximum absolute atomic E-state index is 12.5. The predicted octanol–water partition coefficient (Wildman–Crippen LogP) is -2.03. The third-order valence-corrected chi connectivity index (χ3v) is 4.08. The second kappa shape index (κ2) is 10.4. The van der Waals surface area contributed by atoms with Gasteiger partial charge in [-0.2, -0.15) is 5.48 Å². The van der Waals surface area contributed by atoms with Gasteiger partial charge >= 0.3 is 0 Å². The maximum Gasteiger partial charge on any atom is 0.245 e. The monoisotopic (exact) mass is 373 g/mol. The summed E-state index contributed by atoms with van der Waals surface area (Å²) in [6.45, 7) is 7.22. The number of amides is 3. The van der Waals surface area contributed by atoms with Crippen LogP contribution in [0.25, 0.3) is 0 Å². The SMILES string of the molecule is CNC(=O)[C@@H](NC(=O)[C@H](CC(C)C)NCNC(=O)[C@H]1NO[C@@H]1C)[C@@H](C)O. The van der Waals surface area contributed by atoms with Crippen molar-refractivity contribution < 1.29 is 24.3 Å². The van der Waals surface area contributed by atoms with E-state index >= 15 is 0 Å². The molecule has 1 heterocycles. The molecule has 1 rings (SSSR count). The summed E-state index contributed by atoms with van der Waals surface area (Å²) in [5.74, 6) is -0.913. The van der Waals surface area contributed by atoms with Gasteiger partial charge in [0.1, 0.15) is 18.2 Å². The van der Waals surface area contributed by atoms with Gasteiger partial charge in [-0.1, -0.05) is 13.8 Å². The zero-order chi connectivity index (χ0) is 19.9. The smallest absolute Gasteiger partial charge is 0.245 e. The molecular formula is C16H31N5O5. The minimum atomic E-state index is -1.05. The number of nitrogens with one attached hydrogen (secondary N) is 5. The Bertz CT molecular complexity index is 499. The van der Waals surface area contributed by atoms with E-state index in [0.29, 0.717) is 6.42 Å². The molecule has 0 aromatic heterocycles. The summed E-state index contributed by atoms with van der Waals surface area (Å²) in [7, 11) is 1.43. The van der Waals surface area contributed by atoms with Crippen LogP contribution in [0, 0.1) is 5.92 Å². The molecule has 0 bridgehead atoms. The Morgan fingerprint density at radius 1 is 1.19 bits per heavy atom. The van der Waals surface area contributed by atoms with Crippen LogP contribution in [0.3, 0.4) is 0 Å². The van der Waals surface area contributed by atoms with Gasteiger partial charge in [0.05, 0.1) is 18.8 Å². The lowest BCUT2D eigenvalue weighted by Crippen LogP contribution is -2.62. The van der Waals surface area contributed by atoms with E-state index in [4.69, 9.17) is 4.84 Å². The van der Waals surface area contributed by atoms with Crippen molar-refractivity contribution in [2.24, 2.45) is 5.92 Å². The van der Waals surface area contributed by atoms with Crippen LogP contribution in [-0.2, 0) is 19.2 Å². The highest BCUT2D eigenvalue weighted by molar-refractivity contribution is 5.90. The van der Waals surface area contributed by atoms with Gasteiger partial charge in [-0.3, -0.25) is 24.5 Å². The molecule has 1 aliphatic heterocycles. The lowest BCUT2D eigenvalue weighted by atomic mass is 10.0. The van der Waals surface area contributed by atoms with Crippen LogP contribution in [0.2, 0.25) is 0 Å². The van der Waals surface area contributed by atoms with Crippen LogP contribution in [0.15, 0.2) is 0 Å². The minimum Gasteiger partial charge on any atom is -0.391 e. The third kappa shape index (κ3) is 6.52. The predicted molar refractivity (Wildman–Crippen MR) is 94.5 cm³/mol. The number of aliphatic hydroxyl groups excluding tert-OH is 1. The van der Waals surface area contributed by atoms with Crippen LogP contribution < -0.4 is 26.7 Å². The highest BCUT2D eigenvalue weighted by atomic mass is 16.7. The maximum atomic E-state index is 12.5. The summed E-state index contributed by atoms with van der Waals surface area (Å²) in [5.41, 5.74) is 2.55. The van der Waals surface area contributed by atoms with Gasteiger partial charge in [0.25, 0.3) is 0 Å². The van der Waals surface area contributed by atoms with E-state index in [-0.39, 0.29) is 24.6 Å². The summed E-state index contributed by atoms with van der Waals surface area (Å²) in [4.78, 5) is 41.2. The fourth-order valence-corrected chi connectivity index (χ4v) is 2.48. The molecule has 0 spiro atoms. The number of rotatable bonds is 10. The zero-order valence-corrected chi connectivity index (χ0v) is 16.0. The van der Waals surface area contributed by atoms with Crippen LogP contribution >= 0.6 is 0 Å². The highest BCUT2D eigenvalue weighted by Crippen LogP contribution is 2.08. The molecule has 0 aromatic carbocycles. The fraction of sp³-hybridized carbons (Fsp3) is 0.812. The van der Waals surface area contributed by atoms with Crippen molar-refractivity contribution in [2.75, 3.05) is 13.7 Å². The van der Waals surface area contributed by atoms with Crippen molar-refractivity contribution in [1.82, 2.24) is 26.7 Å². The first-order valence-electron chi connectivity index (χ1n) is 8.79. The van der Waals surface area contributed by atoms with Crippen molar-refractivity contribution in [1.29, 1.82) is 0 Å². The first-order chi connectivity index (χ1) is 12.2. The molecule has 1 aliphatic rings. The van der Waals surface area contributed by atoms with Gasteiger partial charge < -0.3 is 21.1 Å². The van der Waals surface area contributed by atoms with Crippen molar-refractivity contribution in [3.8, 4) is 0 Å². The first-order valence-corrected chi connectivity index (χ1v) is 8.79. The van der Waals surface area contributed by atoms with E-state index in [1.54, 1.807) is 6.92 Å². The summed E-state index contributed by atoms with van der Waals surface area (Å²) in [5, 5.41) is 20.3. The summed E-state index contributed by atoms with van der Waals surface area (Å²) in [6, 6.07) is -2.08. The number of hydrogen-bond acceptors (Lipinski definition) is 7. The molecule has 6 N–H and O–H groups in total. The Balaban J connectivity index is 2.59. The van der Waals surface area contributed by atoms with Crippen molar-refractivity contribution in [3.05, 3.63) is 0 Å². The Kier molecular flexibility index (Phi) is 8.93. The average molecular weight is 373 g/mol. The summed E-state index contributed by atoms with van der Waals surface area (Å²) >= 11 is 0.